The van der Waals surface area contributed by atoms with Crippen LogP contribution in [0.15, 0.2) is 79.3 Å². The number of rotatable bonds is 3. The van der Waals surface area contributed by atoms with Crippen molar-refractivity contribution in [2.75, 3.05) is 5.32 Å². The van der Waals surface area contributed by atoms with Crippen molar-refractivity contribution in [3.05, 3.63) is 81.0 Å². The van der Waals surface area contributed by atoms with Gasteiger partial charge in [-0.3, -0.25) is 13.9 Å². The number of hydrogen-bond donors (Lipinski definition) is 4. The van der Waals surface area contributed by atoms with E-state index in [-0.39, 0.29) is 22.0 Å². The molecular formula is C20H15N5O4S2. The van der Waals surface area contributed by atoms with Crippen LogP contribution in [-0.2, 0) is 0 Å². The maximum atomic E-state index is 13.4. The first-order valence-electron chi connectivity index (χ1n) is 9.01. The molecule has 1 aliphatic heterocycles. The molecule has 0 radical (unpaired) electrons. The Hall–Kier alpha value is -3.51. The van der Waals surface area contributed by atoms with Crippen LogP contribution in [0, 0.1) is 0 Å². The maximum Gasteiger partial charge on any atom is 0.286 e. The number of hydrogen-bond acceptors (Lipinski definition) is 9. The van der Waals surface area contributed by atoms with Crippen LogP contribution in [0.3, 0.4) is 0 Å². The zero-order chi connectivity index (χ0) is 21.6. The highest BCUT2D eigenvalue weighted by Crippen LogP contribution is 2.55. The molecule has 2 aromatic carbocycles. The SMILES string of the molecule is O=c1c(C2=NS(O)(O)c3ccccc3N2)c(O)c2ccccc2n1N=Cc1nccs1. The number of thiazole rings is 1. The van der Waals surface area contributed by atoms with Gasteiger partial charge in [0.1, 0.15) is 21.2 Å². The second-order valence-electron chi connectivity index (χ2n) is 6.55. The predicted octanol–water partition coefficient (Wildman–Crippen LogP) is 3.94. The Morgan fingerprint density at radius 1 is 1.13 bits per heavy atom. The van der Waals surface area contributed by atoms with Crippen molar-refractivity contribution in [3.63, 3.8) is 0 Å². The Morgan fingerprint density at radius 3 is 2.71 bits per heavy atom. The van der Waals surface area contributed by atoms with Crippen LogP contribution < -0.4 is 10.9 Å². The topological polar surface area (TPSA) is 132 Å². The van der Waals surface area contributed by atoms with E-state index >= 15 is 0 Å². The Balaban J connectivity index is 1.75. The lowest BCUT2D eigenvalue weighted by Crippen LogP contribution is -2.31. The Kier molecular flexibility index (Phi) is 4.59. The second kappa shape index (κ2) is 7.32. The third-order valence-electron chi connectivity index (χ3n) is 4.66. The Morgan fingerprint density at radius 2 is 1.90 bits per heavy atom. The minimum Gasteiger partial charge on any atom is -0.506 e. The number of fused-ring (bicyclic) bond motifs is 2. The van der Waals surface area contributed by atoms with Gasteiger partial charge in [0.25, 0.3) is 5.56 Å². The van der Waals surface area contributed by atoms with Crippen LogP contribution in [0.1, 0.15) is 10.6 Å². The first-order valence-corrected chi connectivity index (χ1v) is 11.4. The second-order valence-corrected chi connectivity index (χ2v) is 9.14. The molecule has 0 aliphatic carbocycles. The Labute approximate surface area is 181 Å². The van der Waals surface area contributed by atoms with E-state index in [2.05, 4.69) is 19.8 Å². The van der Waals surface area contributed by atoms with Gasteiger partial charge >= 0.3 is 0 Å². The molecule has 0 amide bonds. The van der Waals surface area contributed by atoms with Gasteiger partial charge in [0.05, 0.1) is 17.4 Å². The zero-order valence-corrected chi connectivity index (χ0v) is 17.3. The van der Waals surface area contributed by atoms with E-state index in [1.54, 1.807) is 54.0 Å². The highest BCUT2D eigenvalue weighted by atomic mass is 32.3. The molecule has 0 saturated carbocycles. The predicted molar refractivity (Wildman–Crippen MR) is 123 cm³/mol. The van der Waals surface area contributed by atoms with Crippen LogP contribution in [-0.4, -0.2) is 35.9 Å². The maximum absolute atomic E-state index is 13.4. The lowest BCUT2D eigenvalue weighted by molar-refractivity contribution is 0.478. The van der Waals surface area contributed by atoms with Gasteiger partial charge in [0.15, 0.2) is 5.84 Å². The van der Waals surface area contributed by atoms with Crippen molar-refractivity contribution < 1.29 is 14.2 Å². The minimum absolute atomic E-state index is 0.148. The molecular weight excluding hydrogens is 438 g/mol. The molecule has 0 unspecified atom stereocenters. The summed E-state index contributed by atoms with van der Waals surface area (Å²) >= 11 is 1.36. The quantitative estimate of drug-likeness (QED) is 0.347. The van der Waals surface area contributed by atoms with Gasteiger partial charge in [-0.25, -0.2) is 4.98 Å². The number of nitrogens with one attached hydrogen (secondary N) is 1. The number of benzene rings is 2. The summed E-state index contributed by atoms with van der Waals surface area (Å²) in [5.74, 6) is -0.479. The van der Waals surface area contributed by atoms with E-state index in [0.29, 0.717) is 21.6 Å². The molecule has 5 rings (SSSR count). The molecule has 31 heavy (non-hydrogen) atoms. The Bertz CT molecular complexity index is 1430. The lowest BCUT2D eigenvalue weighted by atomic mass is 10.1. The summed E-state index contributed by atoms with van der Waals surface area (Å²) in [5.41, 5.74) is -0.128. The fourth-order valence-corrected chi connectivity index (χ4v) is 4.94. The van der Waals surface area contributed by atoms with Gasteiger partial charge in [-0.05, 0) is 24.3 Å². The van der Waals surface area contributed by atoms with E-state index in [1.165, 1.54) is 23.6 Å². The first kappa shape index (κ1) is 19.5. The number of amidine groups is 1. The van der Waals surface area contributed by atoms with Crippen LogP contribution >= 0.6 is 22.1 Å². The van der Waals surface area contributed by atoms with Crippen LogP contribution in [0.2, 0.25) is 0 Å². The highest BCUT2D eigenvalue weighted by molar-refractivity contribution is 8.23. The van der Waals surface area contributed by atoms with Crippen molar-refractivity contribution in [1.82, 2.24) is 9.66 Å². The summed E-state index contributed by atoms with van der Waals surface area (Å²) in [5, 5.41) is 20.9. The fraction of sp³-hybridized carbons (Fsp3) is 0. The molecule has 2 aromatic heterocycles. The van der Waals surface area contributed by atoms with E-state index in [0.717, 1.165) is 4.68 Å². The van der Waals surface area contributed by atoms with Crippen LogP contribution in [0.4, 0.5) is 5.69 Å². The lowest BCUT2D eigenvalue weighted by Gasteiger charge is -2.34. The van der Waals surface area contributed by atoms with E-state index in [9.17, 15) is 19.0 Å². The summed E-state index contributed by atoms with van der Waals surface area (Å²) in [6.45, 7) is 0. The molecule has 4 aromatic rings. The van der Waals surface area contributed by atoms with Crippen molar-refractivity contribution in [2.45, 2.75) is 4.90 Å². The normalized spacial score (nSPS) is 16.0. The van der Waals surface area contributed by atoms with Gasteiger partial charge in [-0.15, -0.1) is 15.7 Å². The van der Waals surface area contributed by atoms with Gasteiger partial charge in [-0.1, -0.05) is 35.0 Å². The number of pyridine rings is 1. The van der Waals surface area contributed by atoms with Crippen LogP contribution in [0.5, 0.6) is 5.75 Å². The number of aromatic hydroxyl groups is 1. The molecule has 11 heteroatoms. The molecule has 9 nitrogen and oxygen atoms in total. The van der Waals surface area contributed by atoms with Crippen molar-refractivity contribution in [2.24, 2.45) is 9.50 Å². The molecule has 0 atom stereocenters. The largest absolute Gasteiger partial charge is 0.506 e. The van der Waals surface area contributed by atoms with Crippen molar-refractivity contribution in [1.29, 1.82) is 0 Å². The van der Waals surface area contributed by atoms with Gasteiger partial charge < -0.3 is 10.4 Å². The van der Waals surface area contributed by atoms with Crippen LogP contribution in [0.25, 0.3) is 10.9 Å². The zero-order valence-electron chi connectivity index (χ0n) is 15.7. The number of nitrogens with zero attached hydrogens (tertiary/aromatic N) is 4. The van der Waals surface area contributed by atoms with Crippen molar-refractivity contribution in [3.8, 4) is 5.75 Å². The summed E-state index contributed by atoms with van der Waals surface area (Å²) in [7, 11) is -3.57. The molecule has 0 fully saturated rings. The highest BCUT2D eigenvalue weighted by Gasteiger charge is 2.30. The van der Waals surface area contributed by atoms with E-state index < -0.39 is 16.3 Å². The fourth-order valence-electron chi connectivity index (χ4n) is 3.29. The molecule has 0 spiro atoms. The first-order chi connectivity index (χ1) is 15.0. The molecule has 0 saturated heterocycles. The van der Waals surface area contributed by atoms with E-state index in [4.69, 9.17) is 0 Å². The van der Waals surface area contributed by atoms with Crippen molar-refractivity contribution >= 4 is 50.8 Å². The van der Waals surface area contributed by atoms with Gasteiger partial charge in [-0.2, -0.15) is 9.78 Å². The average Bonchev–Trinajstić information content (AvgIpc) is 3.27. The average molecular weight is 454 g/mol. The summed E-state index contributed by atoms with van der Waals surface area (Å²) in [6.07, 6.45) is 3.07. The summed E-state index contributed by atoms with van der Waals surface area (Å²) in [4.78, 5) is 17.7. The molecule has 0 bridgehead atoms. The van der Waals surface area contributed by atoms with Gasteiger partial charge in [0.2, 0.25) is 0 Å². The summed E-state index contributed by atoms with van der Waals surface area (Å²) < 4.78 is 26.2. The van der Waals surface area contributed by atoms with E-state index in [1.807, 2.05) is 0 Å². The molecule has 3 heterocycles. The third kappa shape index (κ3) is 3.29. The molecule has 1 aliphatic rings. The van der Waals surface area contributed by atoms with Gasteiger partial charge in [0, 0.05) is 17.0 Å². The third-order valence-corrected chi connectivity index (χ3v) is 6.75. The smallest absolute Gasteiger partial charge is 0.286 e. The number of aromatic nitrogens is 2. The minimum atomic E-state index is -3.57. The number of para-hydroxylation sites is 2. The summed E-state index contributed by atoms with van der Waals surface area (Å²) in [6, 6.07) is 13.3. The number of anilines is 1. The molecule has 156 valence electrons. The monoisotopic (exact) mass is 453 g/mol. The molecule has 4 N–H and O–H groups in total. The standard InChI is InChI=1S/C20H15N5O4S2/c26-18-12-5-1-3-7-14(12)25(22-11-16-21-9-10-30-16)20(27)17(18)19-23-13-6-2-4-8-15(13)31(28,29)24-19/h1-11,26,28-29H,(H,23,24).